The number of hydrogen-bond donors (Lipinski definition) is 1. The van der Waals surface area contributed by atoms with E-state index in [0.29, 0.717) is 5.88 Å². The lowest BCUT2D eigenvalue weighted by molar-refractivity contribution is 1.13. The normalized spacial score (nSPS) is 11.0. The van der Waals surface area contributed by atoms with Crippen molar-refractivity contribution in [1.29, 1.82) is 0 Å². The molecule has 0 unspecified atom stereocenters. The summed E-state index contributed by atoms with van der Waals surface area (Å²) in [6.07, 6.45) is 0. The number of H-pyrrole nitrogens is 1. The van der Waals surface area contributed by atoms with Gasteiger partial charge in [-0.2, -0.15) is 0 Å². The van der Waals surface area contributed by atoms with Crippen LogP contribution in [0.5, 0.6) is 0 Å². The highest BCUT2D eigenvalue weighted by molar-refractivity contribution is 9.10. The molecule has 68 valence electrons. The fourth-order valence-corrected chi connectivity index (χ4v) is 1.75. The van der Waals surface area contributed by atoms with Crippen LogP contribution in [-0.4, -0.2) is 9.97 Å². The number of hydrogen-bond acceptors (Lipinski definition) is 1. The van der Waals surface area contributed by atoms with Crippen LogP contribution in [0.1, 0.15) is 11.4 Å². The molecule has 0 spiro atoms. The Morgan fingerprint density at radius 1 is 1.54 bits per heavy atom. The molecule has 0 fully saturated rings. The number of aromatic amines is 1. The van der Waals surface area contributed by atoms with Crippen molar-refractivity contribution in [2.75, 3.05) is 0 Å². The number of imidazole rings is 1. The lowest BCUT2D eigenvalue weighted by Gasteiger charge is -1.96. The van der Waals surface area contributed by atoms with Gasteiger partial charge in [-0.05, 0) is 24.6 Å². The summed E-state index contributed by atoms with van der Waals surface area (Å²) in [5.41, 5.74) is 3.17. The van der Waals surface area contributed by atoms with Gasteiger partial charge in [-0.3, -0.25) is 0 Å². The van der Waals surface area contributed by atoms with E-state index in [4.69, 9.17) is 11.6 Å². The number of halogens is 2. The molecular formula is C9H8BrClN2. The number of nitrogens with one attached hydrogen (secondary N) is 1. The van der Waals surface area contributed by atoms with Crippen LogP contribution in [0.4, 0.5) is 0 Å². The molecule has 0 saturated carbocycles. The fourth-order valence-electron chi connectivity index (χ4n) is 1.30. The van der Waals surface area contributed by atoms with Crippen molar-refractivity contribution in [2.45, 2.75) is 12.8 Å². The fraction of sp³-hybridized carbons (Fsp3) is 0.222. The highest BCUT2D eigenvalue weighted by Gasteiger charge is 2.06. The van der Waals surface area contributed by atoms with E-state index in [1.807, 2.05) is 19.1 Å². The lowest BCUT2D eigenvalue weighted by Crippen LogP contribution is -1.79. The monoisotopic (exact) mass is 258 g/mol. The van der Waals surface area contributed by atoms with E-state index in [-0.39, 0.29) is 0 Å². The van der Waals surface area contributed by atoms with E-state index in [0.717, 1.165) is 26.9 Å². The zero-order chi connectivity index (χ0) is 9.42. The van der Waals surface area contributed by atoms with Crippen LogP contribution < -0.4 is 0 Å². The Morgan fingerprint density at radius 3 is 3.00 bits per heavy atom. The molecule has 0 aliphatic carbocycles. The molecule has 2 aromatic rings. The highest BCUT2D eigenvalue weighted by Crippen LogP contribution is 2.24. The van der Waals surface area contributed by atoms with Crippen LogP contribution in [0.2, 0.25) is 0 Å². The van der Waals surface area contributed by atoms with Gasteiger partial charge in [0.05, 0.1) is 16.9 Å². The summed E-state index contributed by atoms with van der Waals surface area (Å²) in [6.45, 7) is 2.03. The molecule has 0 aliphatic heterocycles. The smallest absolute Gasteiger partial charge is 0.122 e. The van der Waals surface area contributed by atoms with Gasteiger partial charge in [-0.1, -0.05) is 15.9 Å². The van der Waals surface area contributed by atoms with Crippen molar-refractivity contribution in [3.63, 3.8) is 0 Å². The Kier molecular flexibility index (Phi) is 2.30. The van der Waals surface area contributed by atoms with Crippen molar-refractivity contribution in [2.24, 2.45) is 0 Å². The highest BCUT2D eigenvalue weighted by atomic mass is 79.9. The standard InChI is InChI=1S/C9H8BrClN2/c1-5-6(10)2-3-7-9(5)13-8(4-11)12-7/h2-3H,4H2,1H3,(H,12,13). The minimum absolute atomic E-state index is 0.422. The molecule has 0 radical (unpaired) electrons. The topological polar surface area (TPSA) is 28.7 Å². The van der Waals surface area contributed by atoms with Gasteiger partial charge in [0.1, 0.15) is 5.82 Å². The number of nitrogens with zero attached hydrogens (tertiary/aromatic N) is 1. The summed E-state index contributed by atoms with van der Waals surface area (Å²) < 4.78 is 1.08. The number of aromatic nitrogens is 2. The number of fused-ring (bicyclic) bond motifs is 1. The van der Waals surface area contributed by atoms with E-state index in [1.54, 1.807) is 0 Å². The van der Waals surface area contributed by atoms with Gasteiger partial charge in [-0.25, -0.2) is 4.98 Å². The van der Waals surface area contributed by atoms with Crippen molar-refractivity contribution in [3.8, 4) is 0 Å². The van der Waals surface area contributed by atoms with Crippen molar-refractivity contribution in [3.05, 3.63) is 28.0 Å². The minimum atomic E-state index is 0.422. The van der Waals surface area contributed by atoms with Gasteiger partial charge in [0.15, 0.2) is 0 Å². The van der Waals surface area contributed by atoms with Gasteiger partial charge in [-0.15, -0.1) is 11.6 Å². The second kappa shape index (κ2) is 3.31. The predicted octanol–water partition coefficient (Wildman–Crippen LogP) is 3.37. The van der Waals surface area contributed by atoms with E-state index < -0.39 is 0 Å². The summed E-state index contributed by atoms with van der Waals surface area (Å²) in [6, 6.07) is 4.00. The maximum Gasteiger partial charge on any atom is 0.122 e. The molecule has 0 saturated heterocycles. The van der Waals surface area contributed by atoms with Gasteiger partial charge in [0, 0.05) is 4.47 Å². The van der Waals surface area contributed by atoms with Crippen LogP contribution in [0.15, 0.2) is 16.6 Å². The average molecular weight is 260 g/mol. The summed E-state index contributed by atoms with van der Waals surface area (Å²) in [4.78, 5) is 7.52. The molecule has 0 bridgehead atoms. The molecule has 13 heavy (non-hydrogen) atoms. The predicted molar refractivity (Wildman–Crippen MR) is 58.1 cm³/mol. The summed E-state index contributed by atoms with van der Waals surface area (Å²) in [5, 5.41) is 0. The van der Waals surface area contributed by atoms with Crippen LogP contribution in [-0.2, 0) is 5.88 Å². The third-order valence-electron chi connectivity index (χ3n) is 2.02. The molecule has 0 aliphatic rings. The Bertz CT molecular complexity index is 450. The Morgan fingerprint density at radius 2 is 2.31 bits per heavy atom. The third-order valence-corrected chi connectivity index (χ3v) is 3.13. The first kappa shape index (κ1) is 9.03. The molecule has 1 aromatic heterocycles. The van der Waals surface area contributed by atoms with E-state index >= 15 is 0 Å². The average Bonchev–Trinajstić information content (AvgIpc) is 2.55. The summed E-state index contributed by atoms with van der Waals surface area (Å²) >= 11 is 9.15. The SMILES string of the molecule is Cc1c(Br)ccc2[nH]c(CCl)nc12. The Balaban J connectivity index is 2.76. The summed E-state index contributed by atoms with van der Waals surface area (Å²) in [5.74, 6) is 1.24. The third kappa shape index (κ3) is 1.46. The van der Waals surface area contributed by atoms with Crippen LogP contribution >= 0.6 is 27.5 Å². The van der Waals surface area contributed by atoms with Crippen LogP contribution in [0.25, 0.3) is 11.0 Å². The van der Waals surface area contributed by atoms with Crippen LogP contribution in [0.3, 0.4) is 0 Å². The molecule has 4 heteroatoms. The largest absolute Gasteiger partial charge is 0.341 e. The zero-order valence-electron chi connectivity index (χ0n) is 7.06. The molecule has 0 atom stereocenters. The quantitative estimate of drug-likeness (QED) is 0.782. The van der Waals surface area contributed by atoms with E-state index in [9.17, 15) is 0 Å². The second-order valence-corrected chi connectivity index (χ2v) is 4.01. The molecule has 1 heterocycles. The molecule has 1 aromatic carbocycles. The first-order valence-electron chi connectivity index (χ1n) is 3.92. The number of benzene rings is 1. The van der Waals surface area contributed by atoms with Gasteiger partial charge in [0.25, 0.3) is 0 Å². The number of alkyl halides is 1. The number of aryl methyl sites for hydroxylation is 1. The Labute approximate surface area is 89.4 Å². The molecule has 1 N–H and O–H groups in total. The first-order valence-corrected chi connectivity index (χ1v) is 5.25. The first-order chi connectivity index (χ1) is 6.22. The van der Waals surface area contributed by atoms with Crippen molar-refractivity contribution in [1.82, 2.24) is 9.97 Å². The van der Waals surface area contributed by atoms with E-state index in [1.165, 1.54) is 0 Å². The number of rotatable bonds is 1. The van der Waals surface area contributed by atoms with E-state index in [2.05, 4.69) is 25.9 Å². The summed E-state index contributed by atoms with van der Waals surface area (Å²) in [7, 11) is 0. The maximum absolute atomic E-state index is 5.69. The van der Waals surface area contributed by atoms with Crippen molar-refractivity contribution < 1.29 is 0 Å². The molecule has 0 amide bonds. The van der Waals surface area contributed by atoms with Crippen LogP contribution in [0, 0.1) is 6.92 Å². The molecule has 2 rings (SSSR count). The lowest BCUT2D eigenvalue weighted by atomic mass is 10.2. The van der Waals surface area contributed by atoms with Crippen molar-refractivity contribution >= 4 is 38.6 Å². The second-order valence-electron chi connectivity index (χ2n) is 2.89. The molecule has 2 nitrogen and oxygen atoms in total. The zero-order valence-corrected chi connectivity index (χ0v) is 9.41. The molecular weight excluding hydrogens is 251 g/mol. The van der Waals surface area contributed by atoms with Gasteiger partial charge in [0.2, 0.25) is 0 Å². The van der Waals surface area contributed by atoms with Gasteiger partial charge >= 0.3 is 0 Å². The minimum Gasteiger partial charge on any atom is -0.341 e. The van der Waals surface area contributed by atoms with Gasteiger partial charge < -0.3 is 4.98 Å². The Hall–Kier alpha value is -0.540. The maximum atomic E-state index is 5.69.